The summed E-state index contributed by atoms with van der Waals surface area (Å²) in [7, 11) is 0. The third kappa shape index (κ3) is 20.0. The largest absolute Gasteiger partial charge is 0.447 e. The molecule has 0 aliphatic carbocycles. The van der Waals surface area contributed by atoms with Crippen LogP contribution in [0.4, 0.5) is 38.8 Å². The van der Waals surface area contributed by atoms with Crippen LogP contribution in [0.3, 0.4) is 0 Å². The summed E-state index contributed by atoms with van der Waals surface area (Å²) in [6, 6.07) is -2.79. The molecule has 10 atom stereocenters. The van der Waals surface area contributed by atoms with Gasteiger partial charge >= 0.3 is 35.4 Å². The average Bonchev–Trinajstić information content (AvgIpc) is 2.03. The number of nitrogens with zero attached hydrogens (tertiary/aromatic N) is 5. The summed E-state index contributed by atoms with van der Waals surface area (Å²) in [5, 5.41) is 57.1. The third-order valence-electron chi connectivity index (χ3n) is 13.2. The van der Waals surface area contributed by atoms with Crippen molar-refractivity contribution in [2.24, 2.45) is 17.6 Å². The Morgan fingerprint density at radius 3 is 1.33 bits per heavy atom. The lowest BCUT2D eigenvalue weighted by Gasteiger charge is -2.26. The van der Waals surface area contributed by atoms with E-state index in [1.807, 2.05) is 0 Å². The smallest absolute Gasteiger partial charge is 0.412 e. The van der Waals surface area contributed by atoms with Crippen LogP contribution in [-0.4, -0.2) is 218 Å². The molecule has 37 heteroatoms. The summed E-state index contributed by atoms with van der Waals surface area (Å²) in [6.45, 7) is 5.57. The quantitative estimate of drug-likeness (QED) is 0.0255. The van der Waals surface area contributed by atoms with Gasteiger partial charge in [0.2, 0.25) is 53.8 Å². The van der Waals surface area contributed by atoms with Crippen molar-refractivity contribution in [2.75, 3.05) is 69.8 Å². The highest BCUT2D eigenvalue weighted by Crippen LogP contribution is 2.43. The molecule has 2 fully saturated rings. The van der Waals surface area contributed by atoms with Crippen LogP contribution in [-0.2, 0) is 52.5 Å². The number of carbonyl (C=O) groups excluding carboxylic acids is 9. The van der Waals surface area contributed by atoms with Crippen LogP contribution in [0.5, 0.6) is 0 Å². The van der Waals surface area contributed by atoms with Crippen molar-refractivity contribution in [1.82, 2.24) is 55.9 Å². The Morgan fingerprint density at radius 2 is 1.01 bits per heavy atom. The first-order chi connectivity index (χ1) is 40.9. The van der Waals surface area contributed by atoms with Gasteiger partial charge in [-0.15, -0.1) is 0 Å². The molecule has 2 aliphatic rings. The van der Waals surface area contributed by atoms with Crippen LogP contribution >= 0.6 is 0 Å². The van der Waals surface area contributed by atoms with E-state index in [0.717, 1.165) is 24.5 Å². The van der Waals surface area contributed by atoms with Crippen LogP contribution in [0.1, 0.15) is 79.7 Å². The summed E-state index contributed by atoms with van der Waals surface area (Å²) < 4.78 is 78.4. The Kier molecular flexibility index (Phi) is 26.9. The molecule has 87 heavy (non-hydrogen) atoms. The van der Waals surface area contributed by atoms with E-state index in [-0.39, 0.29) is 58.4 Å². The predicted molar refractivity (Wildman–Crippen MR) is 290 cm³/mol. The number of aliphatic hydroxyl groups excluding tert-OH is 4. The van der Waals surface area contributed by atoms with Gasteiger partial charge in [0.1, 0.15) is 61.2 Å². The number of nitrogens with one attached hydrogen (secondary N) is 8. The lowest BCUT2D eigenvalue weighted by Crippen LogP contribution is -2.55. The fourth-order valence-electron chi connectivity index (χ4n) is 8.33. The Hall–Kier alpha value is -7.97. The minimum absolute atomic E-state index is 0.0346. The summed E-state index contributed by atoms with van der Waals surface area (Å²) in [6.07, 6.45) is -13.9. The summed E-state index contributed by atoms with van der Waals surface area (Å²) in [5.41, 5.74) is 3.01. The second kappa shape index (κ2) is 32.7. The van der Waals surface area contributed by atoms with Crippen LogP contribution in [0.15, 0.2) is 34.1 Å². The van der Waals surface area contributed by atoms with Crippen molar-refractivity contribution in [3.63, 3.8) is 0 Å². The van der Waals surface area contributed by atoms with Crippen LogP contribution < -0.4 is 59.6 Å². The maximum atomic E-state index is 14.5. The molecule has 2 aromatic rings. The standard InChI is InChI=1S/C50H74F4N14O19/c1-24(2)35(41(78)58-26(5)39(76)56-14-20-84-47(82)62-30-9-18-67(45(80)60-30)43-49(51,52)37(74)28(22-69)86-43)64-32(71)11-16-66(34(73)8-7-13-55)17-12-33(72)65-36(25(3)4)42(79)59-27(6)40(77)57-15-21-85-48(83)63-31-10-19-68(46(81)61-31)44-50(53,54)38(75)29(23-70)87-44/h9-10,18-19,24-29,35-38,43-44,69-70,74-75H,7-8,11-17,20-23,55H2,1-6H3,(H,56,76)(H,57,77)(H,58,78)(H,59,79)(H,64,71)(H,65,72)(H,60,62,80,82)(H,61,63,81,83)/t26-,27-,28+,29+,35-,36-,37+,38+,43+,44+/m0/s1. The number of rotatable bonds is 31. The first kappa shape index (κ1) is 71.5. The van der Waals surface area contributed by atoms with Gasteiger partial charge < -0.3 is 81.9 Å². The van der Waals surface area contributed by atoms with Crippen molar-refractivity contribution in [1.29, 1.82) is 0 Å². The SMILES string of the molecule is CC(C)[C@H](NC(=O)CCN(CCC(=O)N[C@H](C(=O)N[C@@H](C)C(=O)NCCOC(=O)Nc1ccn([C@@H]2O[C@H](CO)[C@@H](O)C2(F)F)c(=O)n1)C(C)C)C(=O)CCCN)C(=O)N[C@@H](C)C(=O)NCCOC(=O)Nc1ccn([C@@H]2O[C@H](CO)[C@@H](O)C2(F)F)c(=O)n1. The van der Waals surface area contributed by atoms with E-state index >= 15 is 0 Å². The zero-order valence-electron chi connectivity index (χ0n) is 48.2. The molecule has 0 aromatic carbocycles. The molecule has 0 bridgehead atoms. The van der Waals surface area contributed by atoms with E-state index in [4.69, 9.17) is 24.7 Å². The molecule has 4 heterocycles. The number of halogens is 4. The lowest BCUT2D eigenvalue weighted by atomic mass is 10.0. The maximum Gasteiger partial charge on any atom is 0.412 e. The Balaban J connectivity index is 1.18. The molecule has 0 saturated carbocycles. The number of nitrogens with two attached hydrogens (primary N) is 1. The molecule has 33 nitrogen and oxygen atoms in total. The number of carbonyl (C=O) groups is 9. The van der Waals surface area contributed by atoms with E-state index in [2.05, 4.69) is 52.5 Å². The van der Waals surface area contributed by atoms with Crippen molar-refractivity contribution < 1.29 is 100 Å². The normalized spacial score (nSPS) is 20.7. The Bertz CT molecular complexity index is 2690. The zero-order valence-corrected chi connectivity index (χ0v) is 48.2. The van der Waals surface area contributed by atoms with Gasteiger partial charge in [-0.3, -0.25) is 53.3 Å². The molecule has 0 radical (unpaired) electrons. The van der Waals surface area contributed by atoms with Gasteiger partial charge in [-0.2, -0.15) is 27.5 Å². The first-order valence-corrected chi connectivity index (χ1v) is 27.3. The molecule has 14 N–H and O–H groups in total. The topological polar surface area (TPSA) is 467 Å². The van der Waals surface area contributed by atoms with E-state index in [1.54, 1.807) is 27.7 Å². The number of anilines is 2. The second-order valence-electron chi connectivity index (χ2n) is 20.6. The van der Waals surface area contributed by atoms with Crippen LogP contribution in [0.25, 0.3) is 0 Å². The van der Waals surface area contributed by atoms with Crippen molar-refractivity contribution in [3.8, 4) is 0 Å². The number of hydrogen-bond donors (Lipinski definition) is 13. The average molecular weight is 1250 g/mol. The number of amides is 9. The Morgan fingerprint density at radius 1 is 0.632 bits per heavy atom. The zero-order chi connectivity index (χ0) is 65.1. The van der Waals surface area contributed by atoms with Gasteiger partial charge in [-0.1, -0.05) is 27.7 Å². The van der Waals surface area contributed by atoms with Crippen molar-refractivity contribution >= 4 is 65.2 Å². The van der Waals surface area contributed by atoms with Gasteiger partial charge in [0, 0.05) is 44.7 Å². The van der Waals surface area contributed by atoms with Gasteiger partial charge in [0.15, 0.2) is 12.2 Å². The van der Waals surface area contributed by atoms with E-state index < -0.39 is 188 Å². The fourth-order valence-corrected chi connectivity index (χ4v) is 8.33. The van der Waals surface area contributed by atoms with Gasteiger partial charge in [-0.05, 0) is 50.8 Å². The summed E-state index contributed by atoms with van der Waals surface area (Å²) in [4.78, 5) is 150. The minimum atomic E-state index is -3.96. The minimum Gasteiger partial charge on any atom is -0.447 e. The second-order valence-corrected chi connectivity index (χ2v) is 20.6. The number of hydrogen-bond acceptors (Lipinski definition) is 22. The van der Waals surface area contributed by atoms with Gasteiger partial charge in [0.25, 0.3) is 0 Å². The molecule has 2 aromatic heterocycles. The highest BCUT2D eigenvalue weighted by atomic mass is 19.3. The van der Waals surface area contributed by atoms with Crippen molar-refractivity contribution in [3.05, 3.63) is 45.5 Å². The molecule has 9 amide bonds. The highest BCUT2D eigenvalue weighted by Gasteiger charge is 2.60. The molecular weight excluding hydrogens is 1180 g/mol. The number of aliphatic hydroxyl groups is 4. The summed E-state index contributed by atoms with van der Waals surface area (Å²) in [5.74, 6) is -14.5. The monoisotopic (exact) mass is 1250 g/mol. The predicted octanol–water partition coefficient (Wildman–Crippen LogP) is -3.76. The molecule has 0 unspecified atom stereocenters. The highest BCUT2D eigenvalue weighted by molar-refractivity contribution is 5.93. The van der Waals surface area contributed by atoms with E-state index in [9.17, 15) is 90.7 Å². The lowest BCUT2D eigenvalue weighted by molar-refractivity contribution is -0.141. The van der Waals surface area contributed by atoms with Gasteiger partial charge in [0.05, 0.1) is 26.3 Å². The van der Waals surface area contributed by atoms with E-state index in [0.29, 0.717) is 9.13 Å². The van der Waals surface area contributed by atoms with Crippen LogP contribution in [0.2, 0.25) is 0 Å². The molecule has 4 rings (SSSR count). The molecular formula is C50H74F4N14O19. The van der Waals surface area contributed by atoms with Crippen LogP contribution in [0, 0.1) is 11.8 Å². The maximum absolute atomic E-state index is 14.5. The van der Waals surface area contributed by atoms with Gasteiger partial charge in [-0.25, -0.2) is 19.2 Å². The molecule has 486 valence electrons. The summed E-state index contributed by atoms with van der Waals surface area (Å²) >= 11 is 0. The number of ether oxygens (including phenoxy) is 4. The fraction of sp³-hybridized carbons (Fsp3) is 0.660. The number of alkyl halides is 4. The molecule has 2 aliphatic heterocycles. The molecule has 2 saturated heterocycles. The third-order valence-corrected chi connectivity index (χ3v) is 13.2. The first-order valence-electron chi connectivity index (χ1n) is 27.3. The van der Waals surface area contributed by atoms with E-state index in [1.165, 1.54) is 18.7 Å². The molecule has 0 spiro atoms. The van der Waals surface area contributed by atoms with Crippen molar-refractivity contribution in [2.45, 2.75) is 140 Å². The Labute approximate surface area is 493 Å². The number of aromatic nitrogens is 4.